The molecule has 1 unspecified atom stereocenters. The van der Waals surface area contributed by atoms with E-state index in [0.717, 1.165) is 43.9 Å². The van der Waals surface area contributed by atoms with Gasteiger partial charge in [0.05, 0.1) is 18.3 Å². The molecule has 2 amide bonds. The summed E-state index contributed by atoms with van der Waals surface area (Å²) in [6.45, 7) is 3.87. The van der Waals surface area contributed by atoms with E-state index >= 15 is 0 Å². The number of pyridine rings is 1. The van der Waals surface area contributed by atoms with Gasteiger partial charge in [-0.15, -0.1) is 0 Å². The van der Waals surface area contributed by atoms with Crippen LogP contribution in [-0.2, 0) is 0 Å². The number of rotatable bonds is 4. The SMILES string of the molecule is CN1CC(NC(=O)N2CCC3=C(C2)C(c2ccncc2)=NC3)[C@H](c2cccc(-c3ccccc3)c2)C1. The Morgan fingerprint density at radius 3 is 2.58 bits per heavy atom. The van der Waals surface area contributed by atoms with Crippen LogP contribution in [0, 0.1) is 0 Å². The van der Waals surface area contributed by atoms with E-state index < -0.39 is 0 Å². The quantitative estimate of drug-likeness (QED) is 0.607. The second-order valence-corrected chi connectivity index (χ2v) is 10.0. The molecule has 0 saturated carbocycles. The zero-order valence-corrected chi connectivity index (χ0v) is 20.6. The molecule has 0 spiro atoms. The van der Waals surface area contributed by atoms with Crippen LogP contribution in [0.4, 0.5) is 4.79 Å². The average Bonchev–Trinajstić information content (AvgIpc) is 3.52. The van der Waals surface area contributed by atoms with Crippen LogP contribution in [0.1, 0.15) is 23.5 Å². The fraction of sp³-hybridized carbons (Fsp3) is 0.300. The highest BCUT2D eigenvalue weighted by Crippen LogP contribution is 2.31. The van der Waals surface area contributed by atoms with Crippen molar-refractivity contribution in [2.45, 2.75) is 18.4 Å². The smallest absolute Gasteiger partial charge is 0.317 e. The lowest BCUT2D eigenvalue weighted by atomic mass is 9.91. The first-order valence-electron chi connectivity index (χ1n) is 12.7. The van der Waals surface area contributed by atoms with E-state index in [4.69, 9.17) is 4.99 Å². The summed E-state index contributed by atoms with van der Waals surface area (Å²) in [7, 11) is 2.13. The molecule has 6 nitrogen and oxygen atoms in total. The number of carbonyl (C=O) groups excluding carboxylic acids is 1. The van der Waals surface area contributed by atoms with Crippen LogP contribution in [0.15, 0.2) is 95.3 Å². The van der Waals surface area contributed by atoms with Crippen molar-refractivity contribution in [1.82, 2.24) is 20.1 Å². The van der Waals surface area contributed by atoms with E-state index in [-0.39, 0.29) is 18.0 Å². The average molecular weight is 478 g/mol. The van der Waals surface area contributed by atoms with Gasteiger partial charge in [0.15, 0.2) is 0 Å². The van der Waals surface area contributed by atoms with Crippen LogP contribution in [0.5, 0.6) is 0 Å². The molecule has 3 aliphatic rings. The summed E-state index contributed by atoms with van der Waals surface area (Å²) in [5.41, 5.74) is 8.37. The summed E-state index contributed by atoms with van der Waals surface area (Å²) in [5.74, 6) is 0.252. The zero-order chi connectivity index (χ0) is 24.5. The molecule has 0 bridgehead atoms. The van der Waals surface area contributed by atoms with Crippen molar-refractivity contribution >= 4 is 11.7 Å². The molecule has 2 aromatic carbocycles. The minimum atomic E-state index is 0.0204. The van der Waals surface area contributed by atoms with Gasteiger partial charge >= 0.3 is 6.03 Å². The predicted octanol–water partition coefficient (Wildman–Crippen LogP) is 4.36. The number of carbonyl (C=O) groups is 1. The topological polar surface area (TPSA) is 60.8 Å². The molecule has 4 heterocycles. The second-order valence-electron chi connectivity index (χ2n) is 10.0. The molecule has 1 aromatic heterocycles. The predicted molar refractivity (Wildman–Crippen MR) is 143 cm³/mol. The molecule has 0 radical (unpaired) electrons. The lowest BCUT2D eigenvalue weighted by molar-refractivity contribution is 0.196. The van der Waals surface area contributed by atoms with Crippen molar-refractivity contribution < 1.29 is 4.79 Å². The Morgan fingerprint density at radius 1 is 0.944 bits per heavy atom. The molecular formula is C30H31N5O. The van der Waals surface area contributed by atoms with Gasteiger partial charge in [0.2, 0.25) is 0 Å². The molecule has 1 N–H and O–H groups in total. The van der Waals surface area contributed by atoms with E-state index in [1.165, 1.54) is 27.8 Å². The number of aromatic nitrogens is 1. The third-order valence-electron chi connectivity index (χ3n) is 7.65. The monoisotopic (exact) mass is 477 g/mol. The number of amides is 2. The van der Waals surface area contributed by atoms with Crippen molar-refractivity contribution in [1.29, 1.82) is 0 Å². The third kappa shape index (κ3) is 4.44. The normalized spacial score (nSPS) is 21.9. The number of benzene rings is 2. The number of aliphatic imine (C=N–C) groups is 1. The number of urea groups is 1. The summed E-state index contributed by atoms with van der Waals surface area (Å²) in [4.78, 5) is 26.7. The third-order valence-corrected chi connectivity index (χ3v) is 7.65. The summed E-state index contributed by atoms with van der Waals surface area (Å²) < 4.78 is 0. The Balaban J connectivity index is 1.17. The fourth-order valence-corrected chi connectivity index (χ4v) is 5.75. The number of hydrogen-bond donors (Lipinski definition) is 1. The lowest BCUT2D eigenvalue weighted by Crippen LogP contribution is -2.49. The van der Waals surface area contributed by atoms with Crippen LogP contribution in [0.25, 0.3) is 11.1 Å². The van der Waals surface area contributed by atoms with E-state index in [9.17, 15) is 4.79 Å². The minimum absolute atomic E-state index is 0.0204. The largest absolute Gasteiger partial charge is 0.333 e. The maximum atomic E-state index is 13.5. The van der Waals surface area contributed by atoms with Crippen LogP contribution >= 0.6 is 0 Å². The molecule has 36 heavy (non-hydrogen) atoms. The van der Waals surface area contributed by atoms with Gasteiger partial charge in [0.1, 0.15) is 0 Å². The highest BCUT2D eigenvalue weighted by molar-refractivity contribution is 6.15. The Bertz CT molecular complexity index is 1320. The number of hydrogen-bond acceptors (Lipinski definition) is 4. The van der Waals surface area contributed by atoms with E-state index in [0.29, 0.717) is 6.54 Å². The van der Waals surface area contributed by atoms with Gasteiger partial charge in [-0.2, -0.15) is 0 Å². The van der Waals surface area contributed by atoms with Gasteiger partial charge in [-0.25, -0.2) is 4.79 Å². The number of likely N-dealkylation sites (N-methyl/N-ethyl adjacent to an activating group) is 1. The van der Waals surface area contributed by atoms with Gasteiger partial charge in [-0.05, 0) is 53.4 Å². The first-order valence-corrected chi connectivity index (χ1v) is 12.7. The molecule has 1 fully saturated rings. The van der Waals surface area contributed by atoms with Crippen LogP contribution in [0.3, 0.4) is 0 Å². The van der Waals surface area contributed by atoms with Crippen molar-refractivity contribution in [3.63, 3.8) is 0 Å². The number of nitrogens with zero attached hydrogens (tertiary/aromatic N) is 4. The van der Waals surface area contributed by atoms with Gasteiger partial charge < -0.3 is 15.1 Å². The van der Waals surface area contributed by atoms with Crippen LogP contribution in [-0.4, -0.2) is 72.3 Å². The molecule has 3 aromatic rings. The highest BCUT2D eigenvalue weighted by atomic mass is 16.2. The lowest BCUT2D eigenvalue weighted by Gasteiger charge is -2.31. The van der Waals surface area contributed by atoms with E-state index in [2.05, 4.69) is 70.8 Å². The molecule has 6 rings (SSSR count). The molecule has 182 valence electrons. The summed E-state index contributed by atoms with van der Waals surface area (Å²) in [6.07, 6.45) is 4.48. The highest BCUT2D eigenvalue weighted by Gasteiger charge is 2.35. The Labute approximate surface area is 212 Å². The second kappa shape index (κ2) is 9.70. The molecule has 2 atom stereocenters. The fourth-order valence-electron chi connectivity index (χ4n) is 5.75. The number of nitrogens with one attached hydrogen (secondary N) is 1. The molecule has 1 saturated heterocycles. The Hall–Kier alpha value is -3.77. The first-order chi connectivity index (χ1) is 17.7. The van der Waals surface area contributed by atoms with Gasteiger partial charge in [0.25, 0.3) is 0 Å². The molecule has 0 aliphatic carbocycles. The van der Waals surface area contributed by atoms with Crippen molar-refractivity contribution in [2.75, 3.05) is 39.8 Å². The number of likely N-dealkylation sites (tertiary alicyclic amines) is 1. The van der Waals surface area contributed by atoms with Crippen molar-refractivity contribution in [3.8, 4) is 11.1 Å². The maximum absolute atomic E-state index is 13.5. The van der Waals surface area contributed by atoms with Crippen molar-refractivity contribution in [2.24, 2.45) is 4.99 Å². The van der Waals surface area contributed by atoms with E-state index in [1.807, 2.05) is 23.1 Å². The summed E-state index contributed by atoms with van der Waals surface area (Å²) >= 11 is 0. The zero-order valence-electron chi connectivity index (χ0n) is 20.6. The van der Waals surface area contributed by atoms with Gasteiger partial charge in [-0.3, -0.25) is 9.98 Å². The van der Waals surface area contributed by atoms with Crippen LogP contribution in [0.2, 0.25) is 0 Å². The van der Waals surface area contributed by atoms with Gasteiger partial charge in [-0.1, -0.05) is 54.6 Å². The van der Waals surface area contributed by atoms with Crippen LogP contribution < -0.4 is 5.32 Å². The summed E-state index contributed by atoms with van der Waals surface area (Å²) in [5, 5.41) is 3.39. The minimum Gasteiger partial charge on any atom is -0.333 e. The maximum Gasteiger partial charge on any atom is 0.317 e. The van der Waals surface area contributed by atoms with E-state index in [1.54, 1.807) is 12.4 Å². The molecular weight excluding hydrogens is 446 g/mol. The molecule has 6 heteroatoms. The Morgan fingerprint density at radius 2 is 1.75 bits per heavy atom. The standard InChI is InChI=1S/C30H31N5O/c1-34-18-26(24-9-5-8-23(16-24)21-6-3-2-4-7-21)28(20-34)33-30(36)35-15-12-25-17-32-29(27(25)19-35)22-10-13-31-14-11-22/h2-11,13-14,16,26,28H,12,15,17-20H2,1H3,(H,33,36)/t26-,28?/m0/s1. The molecule has 3 aliphatic heterocycles. The van der Waals surface area contributed by atoms with Crippen molar-refractivity contribution in [3.05, 3.63) is 101 Å². The first kappa shape index (κ1) is 22.7. The van der Waals surface area contributed by atoms with Gasteiger partial charge in [0, 0.05) is 50.1 Å². The Kier molecular flexibility index (Phi) is 6.11. The summed E-state index contributed by atoms with van der Waals surface area (Å²) in [6, 6.07) is 23.3.